The molecule has 1 aliphatic heterocycles. The van der Waals surface area contributed by atoms with Crippen molar-refractivity contribution in [3.63, 3.8) is 0 Å². The van der Waals surface area contributed by atoms with Crippen molar-refractivity contribution in [2.45, 2.75) is 39.2 Å². The molecule has 2 rings (SSSR count). The molecular formula is C21H26O6. The molecule has 0 spiro atoms. The maximum absolute atomic E-state index is 12.5. The summed E-state index contributed by atoms with van der Waals surface area (Å²) in [5.41, 5.74) is 1.63. The predicted molar refractivity (Wildman–Crippen MR) is 98.7 cm³/mol. The van der Waals surface area contributed by atoms with E-state index in [0.717, 1.165) is 12.0 Å². The van der Waals surface area contributed by atoms with Gasteiger partial charge in [0.1, 0.15) is 12.4 Å². The zero-order valence-corrected chi connectivity index (χ0v) is 15.6. The number of ketones is 1. The van der Waals surface area contributed by atoms with Gasteiger partial charge in [-0.05, 0) is 24.8 Å². The fourth-order valence-corrected chi connectivity index (χ4v) is 2.74. The second-order valence-electron chi connectivity index (χ2n) is 6.46. The Kier molecular flexibility index (Phi) is 8.71. The summed E-state index contributed by atoms with van der Waals surface area (Å²) in [6.45, 7) is 2.49. The van der Waals surface area contributed by atoms with E-state index < -0.39 is 11.9 Å². The first-order chi connectivity index (χ1) is 13.1. The summed E-state index contributed by atoms with van der Waals surface area (Å²) in [7, 11) is 0. The Hall–Kier alpha value is -2.47. The molecule has 1 aliphatic rings. The molecule has 6 heteroatoms. The number of rotatable bonds is 10. The Labute approximate surface area is 159 Å². The third kappa shape index (κ3) is 7.74. The topological polar surface area (TPSA) is 78.9 Å². The van der Waals surface area contributed by atoms with Gasteiger partial charge in [-0.2, -0.15) is 0 Å². The Morgan fingerprint density at radius 3 is 2.74 bits per heavy atom. The van der Waals surface area contributed by atoms with E-state index in [-0.39, 0.29) is 24.8 Å². The van der Waals surface area contributed by atoms with Gasteiger partial charge in [0.05, 0.1) is 25.7 Å². The van der Waals surface area contributed by atoms with Crippen LogP contribution >= 0.6 is 0 Å². The Morgan fingerprint density at radius 2 is 2.04 bits per heavy atom. The highest BCUT2D eigenvalue weighted by atomic mass is 16.5. The Balaban J connectivity index is 1.83. The molecule has 1 heterocycles. The molecule has 0 unspecified atom stereocenters. The number of carbonyl (C=O) groups is 3. The van der Waals surface area contributed by atoms with Crippen LogP contribution in [-0.2, 0) is 35.2 Å². The highest BCUT2D eigenvalue weighted by Gasteiger charge is 2.21. The van der Waals surface area contributed by atoms with E-state index in [1.807, 2.05) is 30.3 Å². The smallest absolute Gasteiger partial charge is 0.333 e. The largest absolute Gasteiger partial charge is 0.465 e. The maximum Gasteiger partial charge on any atom is 0.333 e. The molecule has 1 saturated heterocycles. The van der Waals surface area contributed by atoms with Gasteiger partial charge in [0.15, 0.2) is 0 Å². The molecule has 1 aromatic carbocycles. The van der Waals surface area contributed by atoms with Crippen LogP contribution in [0.5, 0.6) is 0 Å². The minimum absolute atomic E-state index is 0.00563. The number of allylic oxidation sites excluding steroid dienone is 1. The second-order valence-corrected chi connectivity index (χ2v) is 6.46. The van der Waals surface area contributed by atoms with Crippen molar-refractivity contribution in [3.05, 3.63) is 47.5 Å². The van der Waals surface area contributed by atoms with Crippen LogP contribution in [0.25, 0.3) is 0 Å². The standard InChI is InChI=1S/C21H26O6/c1-16(22)27-15-19(10-9-18-8-5-12-26-21(18)24)20(23)11-13-25-14-17-6-3-2-4-7-17/h2-4,6-7,9,19H,5,8,10-15H2,1H3/b18-9+/t19-/m0/s1. The molecule has 1 aromatic rings. The van der Waals surface area contributed by atoms with Crippen molar-refractivity contribution in [3.8, 4) is 0 Å². The van der Waals surface area contributed by atoms with Crippen LogP contribution in [0.3, 0.4) is 0 Å². The number of cyclic esters (lactones) is 1. The minimum atomic E-state index is -0.489. The van der Waals surface area contributed by atoms with Crippen molar-refractivity contribution in [2.24, 2.45) is 5.92 Å². The summed E-state index contributed by atoms with van der Waals surface area (Å²) in [5, 5.41) is 0. The van der Waals surface area contributed by atoms with Gasteiger partial charge < -0.3 is 14.2 Å². The second kappa shape index (κ2) is 11.3. The van der Waals surface area contributed by atoms with E-state index in [9.17, 15) is 14.4 Å². The summed E-state index contributed by atoms with van der Waals surface area (Å²) >= 11 is 0. The Morgan fingerprint density at radius 1 is 1.26 bits per heavy atom. The average molecular weight is 374 g/mol. The molecule has 0 aliphatic carbocycles. The lowest BCUT2D eigenvalue weighted by Crippen LogP contribution is -2.23. The fourth-order valence-electron chi connectivity index (χ4n) is 2.74. The van der Waals surface area contributed by atoms with E-state index >= 15 is 0 Å². The van der Waals surface area contributed by atoms with Crippen molar-refractivity contribution < 1.29 is 28.6 Å². The third-order valence-electron chi connectivity index (χ3n) is 4.28. The van der Waals surface area contributed by atoms with Gasteiger partial charge in [-0.25, -0.2) is 4.79 Å². The summed E-state index contributed by atoms with van der Waals surface area (Å²) in [6.07, 6.45) is 3.74. The number of esters is 2. The Bertz CT molecular complexity index is 665. The first kappa shape index (κ1) is 20.8. The first-order valence-corrected chi connectivity index (χ1v) is 9.20. The first-order valence-electron chi connectivity index (χ1n) is 9.20. The van der Waals surface area contributed by atoms with Crippen LogP contribution in [-0.4, -0.2) is 37.5 Å². The number of benzene rings is 1. The quantitative estimate of drug-likeness (QED) is 0.356. The van der Waals surface area contributed by atoms with Gasteiger partial charge in [-0.1, -0.05) is 36.4 Å². The van der Waals surface area contributed by atoms with Crippen molar-refractivity contribution in [1.29, 1.82) is 0 Å². The van der Waals surface area contributed by atoms with Crippen LogP contribution in [0.1, 0.15) is 38.2 Å². The van der Waals surface area contributed by atoms with Crippen molar-refractivity contribution >= 4 is 17.7 Å². The van der Waals surface area contributed by atoms with E-state index in [1.165, 1.54) is 6.92 Å². The van der Waals surface area contributed by atoms with E-state index in [4.69, 9.17) is 14.2 Å². The van der Waals surface area contributed by atoms with E-state index in [1.54, 1.807) is 6.08 Å². The van der Waals surface area contributed by atoms with Crippen molar-refractivity contribution in [1.82, 2.24) is 0 Å². The zero-order valence-electron chi connectivity index (χ0n) is 15.6. The lowest BCUT2D eigenvalue weighted by atomic mass is 9.96. The number of Topliss-reactive ketones (excluding diaryl/α,β-unsaturated/α-hetero) is 1. The lowest BCUT2D eigenvalue weighted by molar-refractivity contribution is -0.144. The molecule has 0 amide bonds. The minimum Gasteiger partial charge on any atom is -0.465 e. The van der Waals surface area contributed by atoms with Gasteiger partial charge in [-0.15, -0.1) is 0 Å². The molecule has 0 saturated carbocycles. The van der Waals surface area contributed by atoms with Gasteiger partial charge in [0.25, 0.3) is 0 Å². The molecule has 0 N–H and O–H groups in total. The molecule has 0 radical (unpaired) electrons. The SMILES string of the molecule is CC(=O)OC[C@H](C/C=C1\CCCOC1=O)C(=O)CCOCc1ccccc1. The third-order valence-corrected chi connectivity index (χ3v) is 4.28. The summed E-state index contributed by atoms with van der Waals surface area (Å²) in [6, 6.07) is 9.72. The molecule has 6 nitrogen and oxygen atoms in total. The van der Waals surface area contributed by atoms with Crippen LogP contribution in [0.15, 0.2) is 42.0 Å². The maximum atomic E-state index is 12.5. The molecule has 27 heavy (non-hydrogen) atoms. The monoisotopic (exact) mass is 374 g/mol. The van der Waals surface area contributed by atoms with Crippen LogP contribution < -0.4 is 0 Å². The van der Waals surface area contributed by atoms with Crippen LogP contribution in [0.4, 0.5) is 0 Å². The highest BCUT2D eigenvalue weighted by Crippen LogP contribution is 2.18. The number of ether oxygens (including phenoxy) is 3. The van der Waals surface area contributed by atoms with Crippen molar-refractivity contribution in [2.75, 3.05) is 19.8 Å². The summed E-state index contributed by atoms with van der Waals surface area (Å²) in [5.74, 6) is -1.30. The highest BCUT2D eigenvalue weighted by molar-refractivity contribution is 5.89. The number of hydrogen-bond donors (Lipinski definition) is 0. The predicted octanol–water partition coefficient (Wildman–Crippen LogP) is 3.00. The number of carbonyl (C=O) groups excluding carboxylic acids is 3. The van der Waals surface area contributed by atoms with E-state index in [0.29, 0.717) is 38.2 Å². The van der Waals surface area contributed by atoms with Crippen LogP contribution in [0, 0.1) is 5.92 Å². The number of hydrogen-bond acceptors (Lipinski definition) is 6. The molecule has 0 aromatic heterocycles. The van der Waals surface area contributed by atoms with E-state index in [2.05, 4.69) is 0 Å². The molecule has 0 bridgehead atoms. The summed E-state index contributed by atoms with van der Waals surface area (Å²) in [4.78, 5) is 35.3. The zero-order chi connectivity index (χ0) is 19.5. The van der Waals surface area contributed by atoms with Gasteiger partial charge in [0, 0.05) is 18.9 Å². The van der Waals surface area contributed by atoms with Gasteiger partial charge in [0.2, 0.25) is 0 Å². The molecule has 146 valence electrons. The average Bonchev–Trinajstić information content (AvgIpc) is 2.67. The normalized spacial score (nSPS) is 16.6. The van der Waals surface area contributed by atoms with Crippen LogP contribution in [0.2, 0.25) is 0 Å². The molecule has 1 atom stereocenters. The molecule has 1 fully saturated rings. The summed E-state index contributed by atoms with van der Waals surface area (Å²) < 4.78 is 15.6. The van der Waals surface area contributed by atoms with Gasteiger partial charge >= 0.3 is 11.9 Å². The van der Waals surface area contributed by atoms with Gasteiger partial charge in [-0.3, -0.25) is 9.59 Å². The fraction of sp³-hybridized carbons (Fsp3) is 0.476. The molecular weight excluding hydrogens is 348 g/mol. The lowest BCUT2D eigenvalue weighted by Gasteiger charge is -2.17.